The maximum absolute atomic E-state index is 13.3. The van der Waals surface area contributed by atoms with E-state index in [1.807, 2.05) is 52.0 Å². The van der Waals surface area contributed by atoms with Crippen molar-refractivity contribution in [3.8, 4) is 0 Å². The second-order valence-corrected chi connectivity index (χ2v) is 9.20. The largest absolute Gasteiger partial charge is 0.444 e. The van der Waals surface area contributed by atoms with E-state index in [9.17, 15) is 9.59 Å². The highest BCUT2D eigenvalue weighted by molar-refractivity contribution is 7.17. The number of hydrogen-bond acceptors (Lipinski definition) is 4. The van der Waals surface area contributed by atoms with Crippen LogP contribution in [-0.2, 0) is 17.6 Å². The number of ether oxygens (including phenoxy) is 1. The van der Waals surface area contributed by atoms with Crippen molar-refractivity contribution in [2.45, 2.75) is 65.4 Å². The van der Waals surface area contributed by atoms with Crippen molar-refractivity contribution in [3.05, 3.63) is 51.4 Å². The third-order valence-electron chi connectivity index (χ3n) is 4.58. The molecule has 0 atom stereocenters. The van der Waals surface area contributed by atoms with E-state index in [0.717, 1.165) is 36.8 Å². The van der Waals surface area contributed by atoms with Gasteiger partial charge in [-0.15, -0.1) is 11.3 Å². The zero-order chi connectivity index (χ0) is 19.6. The lowest BCUT2D eigenvalue weighted by molar-refractivity contribution is 0.0636. The summed E-state index contributed by atoms with van der Waals surface area (Å²) < 4.78 is 5.40. The second-order valence-electron chi connectivity index (χ2n) is 8.09. The summed E-state index contributed by atoms with van der Waals surface area (Å²) in [5.41, 5.74) is 2.93. The number of amides is 1. The summed E-state index contributed by atoms with van der Waals surface area (Å²) in [6.45, 7) is 7.48. The molecule has 0 fully saturated rings. The number of ketones is 1. The number of carbonyl (C=O) groups excluding carboxylic acids is 2. The molecule has 4 nitrogen and oxygen atoms in total. The molecule has 1 aliphatic carbocycles. The number of rotatable bonds is 3. The normalized spacial score (nSPS) is 14.2. The third kappa shape index (κ3) is 4.78. The predicted octanol–water partition coefficient (Wildman–Crippen LogP) is 5.90. The van der Waals surface area contributed by atoms with Crippen molar-refractivity contribution in [1.82, 2.24) is 0 Å². The first-order valence-electron chi connectivity index (χ1n) is 9.50. The van der Waals surface area contributed by atoms with Gasteiger partial charge in [-0.25, -0.2) is 4.79 Å². The first kappa shape index (κ1) is 19.6. The summed E-state index contributed by atoms with van der Waals surface area (Å²) in [4.78, 5) is 26.8. The van der Waals surface area contributed by atoms with Crippen molar-refractivity contribution >= 4 is 28.2 Å². The number of nitrogens with one attached hydrogen (secondary N) is 1. The zero-order valence-electron chi connectivity index (χ0n) is 16.5. The maximum Gasteiger partial charge on any atom is 0.412 e. The van der Waals surface area contributed by atoms with Gasteiger partial charge in [0, 0.05) is 10.4 Å². The zero-order valence-corrected chi connectivity index (χ0v) is 17.3. The van der Waals surface area contributed by atoms with Crippen LogP contribution in [-0.4, -0.2) is 17.5 Å². The van der Waals surface area contributed by atoms with Crippen LogP contribution in [0.4, 0.5) is 9.80 Å². The molecule has 5 heteroatoms. The SMILES string of the molecule is Cc1ccc(C(=O)c2c(NC(=O)OC(C)(C)C)sc3c2CCCCC3)cc1. The van der Waals surface area contributed by atoms with Crippen LogP contribution in [0.1, 0.15) is 72.0 Å². The molecule has 0 saturated heterocycles. The smallest absolute Gasteiger partial charge is 0.412 e. The first-order chi connectivity index (χ1) is 12.7. The molecule has 0 aliphatic heterocycles. The molecule has 1 amide bonds. The molecule has 1 aromatic heterocycles. The van der Waals surface area contributed by atoms with Gasteiger partial charge in [0.25, 0.3) is 0 Å². The number of thiophene rings is 1. The Labute approximate surface area is 164 Å². The Kier molecular flexibility index (Phi) is 5.70. The van der Waals surface area contributed by atoms with E-state index < -0.39 is 11.7 Å². The minimum absolute atomic E-state index is 0.0274. The molecule has 1 aromatic carbocycles. The van der Waals surface area contributed by atoms with E-state index in [1.165, 1.54) is 22.6 Å². The monoisotopic (exact) mass is 385 g/mol. The van der Waals surface area contributed by atoms with Crippen LogP contribution in [0.3, 0.4) is 0 Å². The van der Waals surface area contributed by atoms with Crippen LogP contribution in [0.5, 0.6) is 0 Å². The molecular weight excluding hydrogens is 358 g/mol. The fraction of sp³-hybridized carbons (Fsp3) is 0.455. The average Bonchev–Trinajstić information content (AvgIpc) is 2.74. The molecule has 0 bridgehead atoms. The highest BCUT2D eigenvalue weighted by atomic mass is 32.1. The predicted molar refractivity (Wildman–Crippen MR) is 110 cm³/mol. The van der Waals surface area contributed by atoms with Crippen LogP contribution in [0, 0.1) is 6.92 Å². The quantitative estimate of drug-likeness (QED) is 0.528. The molecule has 0 unspecified atom stereocenters. The van der Waals surface area contributed by atoms with Gasteiger partial charge in [-0.1, -0.05) is 36.2 Å². The minimum Gasteiger partial charge on any atom is -0.444 e. The molecule has 0 spiro atoms. The molecule has 144 valence electrons. The first-order valence-corrected chi connectivity index (χ1v) is 10.3. The van der Waals surface area contributed by atoms with Crippen molar-refractivity contribution in [2.24, 2.45) is 0 Å². The molecule has 3 rings (SSSR count). The van der Waals surface area contributed by atoms with E-state index >= 15 is 0 Å². The van der Waals surface area contributed by atoms with Crippen molar-refractivity contribution < 1.29 is 14.3 Å². The molecule has 0 radical (unpaired) electrons. The Hall–Kier alpha value is -2.14. The number of carbonyl (C=O) groups is 2. The number of aryl methyl sites for hydroxylation is 2. The number of hydrogen-bond donors (Lipinski definition) is 1. The standard InChI is InChI=1S/C22H27NO3S/c1-14-10-12-15(13-11-14)19(24)18-16-8-6-5-7-9-17(16)27-20(18)23-21(25)26-22(2,3)4/h10-13H,5-9H2,1-4H3,(H,23,25). The van der Waals surface area contributed by atoms with Crippen LogP contribution >= 0.6 is 11.3 Å². The lowest BCUT2D eigenvalue weighted by atomic mass is 9.97. The topological polar surface area (TPSA) is 55.4 Å². The van der Waals surface area contributed by atoms with Gasteiger partial charge in [0.05, 0.1) is 5.56 Å². The molecule has 2 aromatic rings. The fourth-order valence-electron chi connectivity index (χ4n) is 3.32. The van der Waals surface area contributed by atoms with Crippen LogP contribution < -0.4 is 5.32 Å². The Morgan fingerprint density at radius 2 is 1.70 bits per heavy atom. The number of fused-ring (bicyclic) bond motifs is 1. The van der Waals surface area contributed by atoms with Gasteiger partial charge in [-0.2, -0.15) is 0 Å². The number of benzene rings is 1. The van der Waals surface area contributed by atoms with Crippen LogP contribution in [0.2, 0.25) is 0 Å². The van der Waals surface area contributed by atoms with Gasteiger partial charge < -0.3 is 4.74 Å². The van der Waals surface area contributed by atoms with E-state index in [1.54, 1.807) is 0 Å². The summed E-state index contributed by atoms with van der Waals surface area (Å²) in [5, 5.41) is 3.46. The third-order valence-corrected chi connectivity index (χ3v) is 5.78. The lowest BCUT2D eigenvalue weighted by Gasteiger charge is -2.19. The Morgan fingerprint density at radius 1 is 1.04 bits per heavy atom. The van der Waals surface area contributed by atoms with Gasteiger partial charge >= 0.3 is 6.09 Å². The molecule has 0 saturated carbocycles. The summed E-state index contributed by atoms with van der Waals surface area (Å²) in [7, 11) is 0. The van der Waals surface area contributed by atoms with Crippen molar-refractivity contribution in [1.29, 1.82) is 0 Å². The molecular formula is C22H27NO3S. The fourth-order valence-corrected chi connectivity index (χ4v) is 4.59. The molecule has 1 heterocycles. The van der Waals surface area contributed by atoms with E-state index in [4.69, 9.17) is 4.74 Å². The van der Waals surface area contributed by atoms with Gasteiger partial charge in [0.15, 0.2) is 5.78 Å². The van der Waals surface area contributed by atoms with E-state index in [-0.39, 0.29) is 5.78 Å². The minimum atomic E-state index is -0.584. The lowest BCUT2D eigenvalue weighted by Crippen LogP contribution is -2.27. The van der Waals surface area contributed by atoms with E-state index in [2.05, 4.69) is 5.32 Å². The Morgan fingerprint density at radius 3 is 2.37 bits per heavy atom. The number of anilines is 1. The summed E-state index contributed by atoms with van der Waals surface area (Å²) in [6, 6.07) is 7.60. The Bertz CT molecular complexity index is 844. The van der Waals surface area contributed by atoms with Gasteiger partial charge in [-0.3, -0.25) is 10.1 Å². The van der Waals surface area contributed by atoms with Gasteiger partial charge in [-0.05, 0) is 58.9 Å². The van der Waals surface area contributed by atoms with Crippen LogP contribution in [0.25, 0.3) is 0 Å². The molecule has 27 heavy (non-hydrogen) atoms. The summed E-state index contributed by atoms with van der Waals surface area (Å²) in [5.74, 6) is -0.0274. The highest BCUT2D eigenvalue weighted by Crippen LogP contribution is 2.39. The van der Waals surface area contributed by atoms with Crippen molar-refractivity contribution in [2.75, 3.05) is 5.32 Å². The second kappa shape index (κ2) is 7.85. The molecule has 1 aliphatic rings. The van der Waals surface area contributed by atoms with Gasteiger partial charge in [0.1, 0.15) is 10.6 Å². The van der Waals surface area contributed by atoms with Crippen molar-refractivity contribution in [3.63, 3.8) is 0 Å². The van der Waals surface area contributed by atoms with Crippen LogP contribution in [0.15, 0.2) is 24.3 Å². The Balaban J connectivity index is 1.99. The summed E-state index contributed by atoms with van der Waals surface area (Å²) in [6.07, 6.45) is 4.70. The summed E-state index contributed by atoms with van der Waals surface area (Å²) >= 11 is 1.52. The molecule has 1 N–H and O–H groups in total. The van der Waals surface area contributed by atoms with E-state index in [0.29, 0.717) is 16.1 Å². The average molecular weight is 386 g/mol. The highest BCUT2D eigenvalue weighted by Gasteiger charge is 2.27. The maximum atomic E-state index is 13.3. The van der Waals surface area contributed by atoms with Gasteiger partial charge in [0.2, 0.25) is 0 Å².